The molecule has 0 bridgehead atoms. The van der Waals surface area contributed by atoms with Crippen LogP contribution in [0.25, 0.3) is 0 Å². The minimum atomic E-state index is -0.246. The molecular weight excluding hydrogens is 290 g/mol. The Morgan fingerprint density at radius 3 is 2.67 bits per heavy atom. The molecule has 2 aromatic rings. The van der Waals surface area contributed by atoms with Gasteiger partial charge in [0.15, 0.2) is 0 Å². The molecule has 1 atom stereocenters. The van der Waals surface area contributed by atoms with Crippen molar-refractivity contribution in [2.75, 3.05) is 12.4 Å². The van der Waals surface area contributed by atoms with Crippen LogP contribution in [0.15, 0.2) is 22.7 Å². The van der Waals surface area contributed by atoms with E-state index in [0.29, 0.717) is 16.4 Å². The monoisotopic (exact) mass is 307 g/mol. The van der Waals surface area contributed by atoms with Crippen molar-refractivity contribution in [1.82, 2.24) is 10.3 Å². The summed E-state index contributed by atoms with van der Waals surface area (Å²) in [6.45, 7) is 5.66. The van der Waals surface area contributed by atoms with Crippen molar-refractivity contribution in [2.45, 2.75) is 26.8 Å². The molecule has 6 heteroatoms. The predicted molar refractivity (Wildman–Crippen MR) is 82.9 cm³/mol. The minimum absolute atomic E-state index is 0.169. The zero-order chi connectivity index (χ0) is 15.6. The van der Waals surface area contributed by atoms with E-state index in [9.17, 15) is 4.79 Å². The topological polar surface area (TPSA) is 67.2 Å². The lowest BCUT2D eigenvalue weighted by Crippen LogP contribution is -2.27. The Morgan fingerprint density at radius 2 is 2.10 bits per heavy atom. The average Bonchev–Trinajstić information content (AvgIpc) is 2.78. The standard InChI is InChI=1S/C15H18ClN3O2/c1-8-5-11(10(3)21-8)9(2)19-15(20)12-6-14(17-4)18-7-13(12)16/h5-7,9H,1-4H3,(H,17,18)(H,19,20). The highest BCUT2D eigenvalue weighted by Gasteiger charge is 2.18. The Kier molecular flexibility index (Phi) is 4.53. The second-order valence-corrected chi connectivity index (χ2v) is 5.27. The molecular formula is C15H18ClN3O2. The van der Waals surface area contributed by atoms with Gasteiger partial charge >= 0.3 is 0 Å². The Morgan fingerprint density at radius 1 is 1.38 bits per heavy atom. The minimum Gasteiger partial charge on any atom is -0.466 e. The summed E-state index contributed by atoms with van der Waals surface area (Å²) in [6, 6.07) is 3.38. The van der Waals surface area contributed by atoms with Gasteiger partial charge in [-0.05, 0) is 32.9 Å². The van der Waals surface area contributed by atoms with E-state index in [4.69, 9.17) is 16.0 Å². The summed E-state index contributed by atoms with van der Waals surface area (Å²) in [5.74, 6) is 1.97. The first-order valence-electron chi connectivity index (χ1n) is 6.63. The molecule has 1 amide bonds. The van der Waals surface area contributed by atoms with Gasteiger partial charge in [0.05, 0.1) is 16.6 Å². The van der Waals surface area contributed by atoms with E-state index < -0.39 is 0 Å². The summed E-state index contributed by atoms with van der Waals surface area (Å²) in [5.41, 5.74) is 1.35. The fourth-order valence-electron chi connectivity index (χ4n) is 2.18. The normalized spacial score (nSPS) is 12.0. The van der Waals surface area contributed by atoms with Gasteiger partial charge in [-0.2, -0.15) is 0 Å². The van der Waals surface area contributed by atoms with E-state index in [1.807, 2.05) is 26.8 Å². The summed E-state index contributed by atoms with van der Waals surface area (Å²) < 4.78 is 5.49. The predicted octanol–water partition coefficient (Wildman–Crippen LogP) is 3.48. The molecule has 0 radical (unpaired) electrons. The second-order valence-electron chi connectivity index (χ2n) is 4.86. The van der Waals surface area contributed by atoms with Crippen molar-refractivity contribution < 1.29 is 9.21 Å². The SMILES string of the molecule is CNc1cc(C(=O)NC(C)c2cc(C)oc2C)c(Cl)cn1. The first-order chi connectivity index (χ1) is 9.92. The van der Waals surface area contributed by atoms with Gasteiger partial charge in [-0.1, -0.05) is 11.6 Å². The number of anilines is 1. The summed E-state index contributed by atoms with van der Waals surface area (Å²) in [7, 11) is 1.73. The maximum absolute atomic E-state index is 12.4. The summed E-state index contributed by atoms with van der Waals surface area (Å²) >= 11 is 6.04. The molecule has 112 valence electrons. The van der Waals surface area contributed by atoms with Crippen LogP contribution in [0.3, 0.4) is 0 Å². The first kappa shape index (κ1) is 15.4. The van der Waals surface area contributed by atoms with Crippen LogP contribution in [0.2, 0.25) is 5.02 Å². The van der Waals surface area contributed by atoms with Crippen molar-refractivity contribution in [2.24, 2.45) is 0 Å². The molecule has 0 fully saturated rings. The van der Waals surface area contributed by atoms with Gasteiger partial charge in [-0.25, -0.2) is 4.98 Å². The van der Waals surface area contributed by atoms with Crippen LogP contribution in [-0.4, -0.2) is 17.9 Å². The van der Waals surface area contributed by atoms with E-state index in [1.54, 1.807) is 13.1 Å². The molecule has 0 aromatic carbocycles. The molecule has 2 heterocycles. The lowest BCUT2D eigenvalue weighted by molar-refractivity contribution is 0.0940. The van der Waals surface area contributed by atoms with Gasteiger partial charge in [0.2, 0.25) is 0 Å². The molecule has 2 N–H and O–H groups in total. The summed E-state index contributed by atoms with van der Waals surface area (Å²) in [4.78, 5) is 16.4. The Hall–Kier alpha value is -2.01. The zero-order valence-corrected chi connectivity index (χ0v) is 13.2. The molecule has 1 unspecified atom stereocenters. The van der Waals surface area contributed by atoms with Crippen molar-refractivity contribution >= 4 is 23.3 Å². The van der Waals surface area contributed by atoms with E-state index in [1.165, 1.54) is 6.20 Å². The Balaban J connectivity index is 2.20. The van der Waals surface area contributed by atoms with Crippen molar-refractivity contribution in [3.63, 3.8) is 0 Å². The lowest BCUT2D eigenvalue weighted by Gasteiger charge is -2.14. The lowest BCUT2D eigenvalue weighted by atomic mass is 10.1. The number of amides is 1. The van der Waals surface area contributed by atoms with Crippen molar-refractivity contribution in [1.29, 1.82) is 0 Å². The number of nitrogens with one attached hydrogen (secondary N) is 2. The number of carbonyl (C=O) groups is 1. The number of rotatable bonds is 4. The number of pyridine rings is 1. The molecule has 0 aliphatic carbocycles. The largest absolute Gasteiger partial charge is 0.466 e. The third-order valence-electron chi connectivity index (χ3n) is 3.25. The van der Waals surface area contributed by atoms with Crippen LogP contribution < -0.4 is 10.6 Å². The molecule has 0 aliphatic heterocycles. The zero-order valence-electron chi connectivity index (χ0n) is 12.5. The molecule has 0 spiro atoms. The number of aryl methyl sites for hydroxylation is 2. The summed E-state index contributed by atoms with van der Waals surface area (Å²) in [6.07, 6.45) is 1.46. The highest BCUT2D eigenvalue weighted by molar-refractivity contribution is 6.33. The van der Waals surface area contributed by atoms with E-state index in [0.717, 1.165) is 17.1 Å². The van der Waals surface area contributed by atoms with Crippen LogP contribution in [0, 0.1) is 13.8 Å². The number of aromatic nitrogens is 1. The maximum Gasteiger partial charge on any atom is 0.253 e. The quantitative estimate of drug-likeness (QED) is 0.907. The molecule has 2 aromatic heterocycles. The fraction of sp³-hybridized carbons (Fsp3) is 0.333. The first-order valence-corrected chi connectivity index (χ1v) is 7.01. The average molecular weight is 308 g/mol. The number of furan rings is 1. The highest BCUT2D eigenvalue weighted by atomic mass is 35.5. The van der Waals surface area contributed by atoms with Crippen molar-refractivity contribution in [3.8, 4) is 0 Å². The molecule has 0 saturated heterocycles. The van der Waals surface area contributed by atoms with Crippen LogP contribution in [0.5, 0.6) is 0 Å². The molecule has 5 nitrogen and oxygen atoms in total. The molecule has 21 heavy (non-hydrogen) atoms. The van der Waals surface area contributed by atoms with Gasteiger partial charge in [-0.15, -0.1) is 0 Å². The third kappa shape index (κ3) is 3.36. The number of carbonyl (C=O) groups excluding carboxylic acids is 1. The van der Waals surface area contributed by atoms with Gasteiger partial charge in [0, 0.05) is 18.8 Å². The van der Waals surface area contributed by atoms with Crippen LogP contribution in [-0.2, 0) is 0 Å². The van der Waals surface area contributed by atoms with Gasteiger partial charge in [0.1, 0.15) is 17.3 Å². The third-order valence-corrected chi connectivity index (χ3v) is 3.55. The summed E-state index contributed by atoms with van der Waals surface area (Å²) in [5, 5.41) is 6.12. The molecule has 0 aliphatic rings. The van der Waals surface area contributed by atoms with Gasteiger partial charge < -0.3 is 15.1 Å². The number of halogens is 1. The van der Waals surface area contributed by atoms with Crippen molar-refractivity contribution in [3.05, 3.63) is 46.0 Å². The van der Waals surface area contributed by atoms with Crippen LogP contribution in [0.4, 0.5) is 5.82 Å². The Bertz CT molecular complexity index is 667. The van der Waals surface area contributed by atoms with Crippen LogP contribution in [0.1, 0.15) is 40.4 Å². The molecule has 2 rings (SSSR count). The van der Waals surface area contributed by atoms with E-state index >= 15 is 0 Å². The maximum atomic E-state index is 12.4. The van der Waals surface area contributed by atoms with Crippen LogP contribution >= 0.6 is 11.6 Å². The van der Waals surface area contributed by atoms with Gasteiger partial charge in [0.25, 0.3) is 5.91 Å². The Labute approximate surface area is 128 Å². The highest BCUT2D eigenvalue weighted by Crippen LogP contribution is 2.23. The number of nitrogens with zero attached hydrogens (tertiary/aromatic N) is 1. The molecule has 0 saturated carbocycles. The van der Waals surface area contributed by atoms with E-state index in [2.05, 4.69) is 15.6 Å². The van der Waals surface area contributed by atoms with Gasteiger partial charge in [-0.3, -0.25) is 4.79 Å². The number of hydrogen-bond donors (Lipinski definition) is 2. The second kappa shape index (κ2) is 6.18. The fourth-order valence-corrected chi connectivity index (χ4v) is 2.37. The number of hydrogen-bond acceptors (Lipinski definition) is 4. The van der Waals surface area contributed by atoms with E-state index in [-0.39, 0.29) is 11.9 Å². The smallest absolute Gasteiger partial charge is 0.253 e.